The first-order valence-electron chi connectivity index (χ1n) is 5.40. The van der Waals surface area contributed by atoms with Crippen LogP contribution in [0.2, 0.25) is 5.02 Å². The standard InChI is InChI=1S/C12H10ClN3O2S/c1-8-6-9(2-3-10(8)13)17-7-11-15-16-12(18-11)19-5-4-14/h2-3,6H,5,7H2,1H3. The van der Waals surface area contributed by atoms with E-state index >= 15 is 0 Å². The lowest BCUT2D eigenvalue weighted by atomic mass is 10.2. The van der Waals surface area contributed by atoms with Crippen LogP contribution in [0.4, 0.5) is 0 Å². The smallest absolute Gasteiger partial charge is 0.277 e. The van der Waals surface area contributed by atoms with Crippen molar-refractivity contribution < 1.29 is 9.15 Å². The lowest BCUT2D eigenvalue weighted by molar-refractivity contribution is 0.252. The van der Waals surface area contributed by atoms with Crippen LogP contribution >= 0.6 is 23.4 Å². The summed E-state index contributed by atoms with van der Waals surface area (Å²) in [4.78, 5) is 0. The molecule has 7 heteroatoms. The second-order valence-corrected chi connectivity index (χ2v) is 4.94. The molecular weight excluding hydrogens is 286 g/mol. The van der Waals surface area contributed by atoms with Gasteiger partial charge in [-0.3, -0.25) is 0 Å². The van der Waals surface area contributed by atoms with Crippen LogP contribution < -0.4 is 4.74 Å². The van der Waals surface area contributed by atoms with Crippen molar-refractivity contribution in [1.82, 2.24) is 10.2 Å². The molecule has 1 heterocycles. The number of aromatic nitrogens is 2. The van der Waals surface area contributed by atoms with Gasteiger partial charge in [-0.25, -0.2) is 0 Å². The molecule has 0 saturated carbocycles. The van der Waals surface area contributed by atoms with Crippen molar-refractivity contribution in [3.05, 3.63) is 34.7 Å². The number of benzene rings is 1. The Labute approximate surface area is 119 Å². The zero-order valence-electron chi connectivity index (χ0n) is 10.1. The number of hydrogen-bond donors (Lipinski definition) is 0. The number of thioether (sulfide) groups is 1. The predicted octanol–water partition coefficient (Wildman–Crippen LogP) is 3.23. The molecule has 0 bridgehead atoms. The first-order chi connectivity index (χ1) is 9.19. The minimum atomic E-state index is 0.182. The Morgan fingerprint density at radius 1 is 1.47 bits per heavy atom. The Hall–Kier alpha value is -1.71. The molecular formula is C12H10ClN3O2S. The van der Waals surface area contributed by atoms with Crippen molar-refractivity contribution in [1.29, 1.82) is 5.26 Å². The molecule has 0 aliphatic heterocycles. The van der Waals surface area contributed by atoms with Crippen LogP contribution in [-0.2, 0) is 6.61 Å². The molecule has 2 aromatic rings. The molecule has 1 aromatic heterocycles. The van der Waals surface area contributed by atoms with Gasteiger partial charge < -0.3 is 9.15 Å². The third kappa shape index (κ3) is 3.88. The number of ether oxygens (including phenoxy) is 1. The molecule has 0 saturated heterocycles. The van der Waals surface area contributed by atoms with Gasteiger partial charge in [0.25, 0.3) is 11.1 Å². The Morgan fingerprint density at radius 3 is 3.05 bits per heavy atom. The molecule has 0 unspecified atom stereocenters. The summed E-state index contributed by atoms with van der Waals surface area (Å²) in [6, 6.07) is 7.37. The summed E-state index contributed by atoms with van der Waals surface area (Å²) in [5, 5.41) is 17.1. The molecule has 0 radical (unpaired) electrons. The lowest BCUT2D eigenvalue weighted by Gasteiger charge is -2.04. The van der Waals surface area contributed by atoms with Gasteiger partial charge in [-0.1, -0.05) is 23.4 Å². The third-order valence-corrected chi connectivity index (χ3v) is 3.31. The zero-order chi connectivity index (χ0) is 13.7. The summed E-state index contributed by atoms with van der Waals surface area (Å²) in [6.45, 7) is 2.08. The number of rotatable bonds is 5. The monoisotopic (exact) mass is 295 g/mol. The van der Waals surface area contributed by atoms with Crippen LogP contribution in [0.5, 0.6) is 5.75 Å². The third-order valence-electron chi connectivity index (χ3n) is 2.20. The summed E-state index contributed by atoms with van der Waals surface area (Å²) in [6.07, 6.45) is 0. The molecule has 0 spiro atoms. The van der Waals surface area contributed by atoms with Crippen molar-refractivity contribution in [3.8, 4) is 11.8 Å². The van der Waals surface area contributed by atoms with E-state index in [1.807, 2.05) is 19.1 Å². The molecule has 0 aliphatic carbocycles. The van der Waals surface area contributed by atoms with Crippen LogP contribution in [0.3, 0.4) is 0 Å². The quantitative estimate of drug-likeness (QED) is 0.789. The molecule has 5 nitrogen and oxygen atoms in total. The van der Waals surface area contributed by atoms with E-state index in [-0.39, 0.29) is 12.4 Å². The van der Waals surface area contributed by atoms with Gasteiger partial charge in [-0.15, -0.1) is 10.2 Å². The van der Waals surface area contributed by atoms with Gasteiger partial charge >= 0.3 is 0 Å². The van der Waals surface area contributed by atoms with Gasteiger partial charge in [0.1, 0.15) is 5.75 Å². The van der Waals surface area contributed by atoms with Crippen LogP contribution in [0.25, 0.3) is 0 Å². The van der Waals surface area contributed by atoms with Gasteiger partial charge in [0, 0.05) is 5.02 Å². The molecule has 0 aliphatic rings. The summed E-state index contributed by atoms with van der Waals surface area (Å²) in [5.74, 6) is 1.33. The number of nitrogens with zero attached hydrogens (tertiary/aromatic N) is 3. The summed E-state index contributed by atoms with van der Waals surface area (Å²) >= 11 is 7.12. The molecule has 0 atom stereocenters. The predicted molar refractivity (Wildman–Crippen MR) is 71.2 cm³/mol. The molecule has 19 heavy (non-hydrogen) atoms. The van der Waals surface area contributed by atoms with Crippen molar-refractivity contribution in [2.75, 3.05) is 5.75 Å². The minimum absolute atomic E-state index is 0.182. The number of hydrogen-bond acceptors (Lipinski definition) is 6. The van der Waals surface area contributed by atoms with Gasteiger partial charge in [-0.2, -0.15) is 5.26 Å². The van der Waals surface area contributed by atoms with E-state index in [2.05, 4.69) is 10.2 Å². The number of halogens is 1. The van der Waals surface area contributed by atoms with Crippen molar-refractivity contribution in [2.45, 2.75) is 18.8 Å². The van der Waals surface area contributed by atoms with E-state index in [1.165, 1.54) is 11.8 Å². The van der Waals surface area contributed by atoms with Gasteiger partial charge in [0.05, 0.1) is 11.8 Å². The molecule has 98 valence electrons. The fraction of sp³-hybridized carbons (Fsp3) is 0.250. The number of nitriles is 1. The molecule has 1 aromatic carbocycles. The number of aryl methyl sites for hydroxylation is 1. The normalized spacial score (nSPS) is 10.2. The Bertz CT molecular complexity index is 609. The van der Waals surface area contributed by atoms with E-state index in [4.69, 9.17) is 26.0 Å². The molecule has 0 N–H and O–H groups in total. The SMILES string of the molecule is Cc1cc(OCc2nnc(SCC#N)o2)ccc1Cl. The molecule has 0 fully saturated rings. The molecule has 0 amide bonds. The maximum Gasteiger partial charge on any atom is 0.277 e. The van der Waals surface area contributed by atoms with Gasteiger partial charge in [0.2, 0.25) is 0 Å². The largest absolute Gasteiger partial charge is 0.484 e. The van der Waals surface area contributed by atoms with E-state index < -0.39 is 0 Å². The highest BCUT2D eigenvalue weighted by Crippen LogP contribution is 2.22. The first-order valence-corrected chi connectivity index (χ1v) is 6.76. The lowest BCUT2D eigenvalue weighted by Crippen LogP contribution is -1.96. The summed E-state index contributed by atoms with van der Waals surface area (Å²) in [7, 11) is 0. The van der Waals surface area contributed by atoms with E-state index in [0.717, 1.165) is 5.56 Å². The molecule has 2 rings (SSSR count). The van der Waals surface area contributed by atoms with Crippen molar-refractivity contribution >= 4 is 23.4 Å². The Balaban J connectivity index is 1.93. The van der Waals surface area contributed by atoms with Crippen LogP contribution in [0.1, 0.15) is 11.5 Å². The van der Waals surface area contributed by atoms with Crippen molar-refractivity contribution in [2.24, 2.45) is 0 Å². The van der Waals surface area contributed by atoms with Crippen LogP contribution in [0, 0.1) is 18.3 Å². The van der Waals surface area contributed by atoms with E-state index in [9.17, 15) is 0 Å². The summed E-state index contributed by atoms with van der Waals surface area (Å²) < 4.78 is 10.8. The van der Waals surface area contributed by atoms with E-state index in [0.29, 0.717) is 21.9 Å². The average molecular weight is 296 g/mol. The maximum absolute atomic E-state index is 8.44. The maximum atomic E-state index is 8.44. The van der Waals surface area contributed by atoms with E-state index in [1.54, 1.807) is 12.1 Å². The highest BCUT2D eigenvalue weighted by Gasteiger charge is 2.07. The van der Waals surface area contributed by atoms with Gasteiger partial charge in [0.15, 0.2) is 6.61 Å². The minimum Gasteiger partial charge on any atom is -0.484 e. The highest BCUT2D eigenvalue weighted by molar-refractivity contribution is 7.99. The van der Waals surface area contributed by atoms with Gasteiger partial charge in [-0.05, 0) is 30.7 Å². The van der Waals surface area contributed by atoms with Crippen LogP contribution in [0.15, 0.2) is 27.8 Å². The second-order valence-electron chi connectivity index (χ2n) is 3.61. The topological polar surface area (TPSA) is 71.9 Å². The highest BCUT2D eigenvalue weighted by atomic mass is 35.5. The summed E-state index contributed by atoms with van der Waals surface area (Å²) in [5.41, 5.74) is 0.940. The first kappa shape index (κ1) is 13.7. The average Bonchev–Trinajstić information content (AvgIpc) is 2.86. The Kier molecular flexibility index (Phi) is 4.66. The Morgan fingerprint density at radius 2 is 2.32 bits per heavy atom. The zero-order valence-corrected chi connectivity index (χ0v) is 11.7. The van der Waals surface area contributed by atoms with Crippen LogP contribution in [-0.4, -0.2) is 16.0 Å². The fourth-order valence-electron chi connectivity index (χ4n) is 1.30. The second kappa shape index (κ2) is 6.45. The van der Waals surface area contributed by atoms with Crippen molar-refractivity contribution in [3.63, 3.8) is 0 Å². The fourth-order valence-corrected chi connectivity index (χ4v) is 1.86.